The molecule has 5 heteroatoms. The molecule has 2 rings (SSSR count). The lowest BCUT2D eigenvalue weighted by Gasteiger charge is -2.14. The zero-order valence-electron chi connectivity index (χ0n) is 9.29. The molecule has 0 spiro atoms. The van der Waals surface area contributed by atoms with Crippen LogP contribution in [0.2, 0.25) is 0 Å². The Kier molecular flexibility index (Phi) is 3.99. The molecular formula is C12H13F2NOS. The molecule has 0 radical (unpaired) electrons. The molecule has 0 N–H and O–H groups in total. The summed E-state index contributed by atoms with van der Waals surface area (Å²) in [7, 11) is 0. The molecule has 0 saturated carbocycles. The number of rotatable bonds is 4. The summed E-state index contributed by atoms with van der Waals surface area (Å²) in [6, 6.07) is 3.55. The minimum atomic E-state index is -0.568. The molecular weight excluding hydrogens is 244 g/mol. The van der Waals surface area contributed by atoms with Gasteiger partial charge in [-0.3, -0.25) is 4.79 Å². The lowest BCUT2D eigenvalue weighted by atomic mass is 10.3. The molecule has 0 bridgehead atoms. The highest BCUT2D eigenvalue weighted by Crippen LogP contribution is 2.22. The van der Waals surface area contributed by atoms with Crippen molar-refractivity contribution in [3.05, 3.63) is 29.8 Å². The predicted molar refractivity (Wildman–Crippen MR) is 62.9 cm³/mol. The van der Waals surface area contributed by atoms with Crippen molar-refractivity contribution in [2.24, 2.45) is 0 Å². The number of carbonyl (C=O) groups excluding carboxylic acids is 1. The van der Waals surface area contributed by atoms with E-state index in [1.807, 2.05) is 0 Å². The number of hydrogen-bond donors (Lipinski definition) is 0. The molecule has 1 aliphatic heterocycles. The van der Waals surface area contributed by atoms with E-state index in [4.69, 9.17) is 0 Å². The van der Waals surface area contributed by atoms with E-state index >= 15 is 0 Å². The minimum absolute atomic E-state index is 0.171. The van der Waals surface area contributed by atoms with Crippen LogP contribution in [0.5, 0.6) is 0 Å². The Hall–Kier alpha value is -1.10. The smallest absolute Gasteiger partial charge is 0.222 e. The van der Waals surface area contributed by atoms with Crippen molar-refractivity contribution in [3.63, 3.8) is 0 Å². The molecule has 0 unspecified atom stereocenters. The number of benzene rings is 1. The van der Waals surface area contributed by atoms with Gasteiger partial charge in [-0.05, 0) is 18.6 Å². The first-order valence-corrected chi connectivity index (χ1v) is 6.51. The van der Waals surface area contributed by atoms with Gasteiger partial charge in [-0.25, -0.2) is 8.78 Å². The topological polar surface area (TPSA) is 20.3 Å². The van der Waals surface area contributed by atoms with Crippen molar-refractivity contribution in [2.75, 3.05) is 18.8 Å². The fourth-order valence-electron chi connectivity index (χ4n) is 1.80. The van der Waals surface area contributed by atoms with Crippen molar-refractivity contribution < 1.29 is 13.6 Å². The highest BCUT2D eigenvalue weighted by Gasteiger charge is 2.19. The van der Waals surface area contributed by atoms with Gasteiger partial charge in [-0.1, -0.05) is 0 Å². The molecule has 1 aliphatic rings. The van der Waals surface area contributed by atoms with Crippen LogP contribution in [0.1, 0.15) is 12.8 Å². The second-order valence-corrected chi connectivity index (χ2v) is 5.04. The van der Waals surface area contributed by atoms with Crippen LogP contribution in [0, 0.1) is 11.6 Å². The van der Waals surface area contributed by atoms with E-state index in [2.05, 4.69) is 0 Å². The normalized spacial score (nSPS) is 15.6. The third-order valence-corrected chi connectivity index (χ3v) is 3.71. The lowest BCUT2D eigenvalue weighted by Crippen LogP contribution is -2.26. The summed E-state index contributed by atoms with van der Waals surface area (Å²) < 4.78 is 26.0. The maximum Gasteiger partial charge on any atom is 0.222 e. The van der Waals surface area contributed by atoms with Gasteiger partial charge in [-0.2, -0.15) is 0 Å². The summed E-state index contributed by atoms with van der Waals surface area (Å²) in [4.78, 5) is 13.5. The van der Waals surface area contributed by atoms with E-state index in [0.29, 0.717) is 23.6 Å². The van der Waals surface area contributed by atoms with Gasteiger partial charge in [-0.15, -0.1) is 11.8 Å². The van der Waals surface area contributed by atoms with E-state index in [0.717, 1.165) is 19.0 Å². The number of likely N-dealkylation sites (tertiary alicyclic amines) is 1. The molecule has 1 saturated heterocycles. The Labute approximate surface area is 103 Å². The van der Waals surface area contributed by atoms with Crippen LogP contribution >= 0.6 is 11.8 Å². The standard InChI is InChI=1S/C12H13F2NOS/c13-9-3-4-11(10(14)8-9)17-7-6-15-5-1-2-12(15)16/h3-4,8H,1-2,5-7H2. The van der Waals surface area contributed by atoms with Crippen molar-refractivity contribution in [3.8, 4) is 0 Å². The van der Waals surface area contributed by atoms with Gasteiger partial charge in [0, 0.05) is 36.2 Å². The van der Waals surface area contributed by atoms with Gasteiger partial charge in [0.05, 0.1) is 0 Å². The van der Waals surface area contributed by atoms with Crippen molar-refractivity contribution in [1.29, 1.82) is 0 Å². The van der Waals surface area contributed by atoms with E-state index in [1.165, 1.54) is 23.9 Å². The summed E-state index contributed by atoms with van der Waals surface area (Å²) in [5.74, 6) is -0.302. The number of nitrogens with zero attached hydrogens (tertiary/aromatic N) is 1. The highest BCUT2D eigenvalue weighted by molar-refractivity contribution is 7.99. The second kappa shape index (κ2) is 5.49. The molecule has 0 aliphatic carbocycles. The summed E-state index contributed by atoms with van der Waals surface area (Å²) >= 11 is 1.31. The molecule has 0 aromatic heterocycles. The lowest BCUT2D eigenvalue weighted by molar-refractivity contribution is -0.127. The molecule has 92 valence electrons. The first-order chi connectivity index (χ1) is 8.16. The van der Waals surface area contributed by atoms with E-state index < -0.39 is 11.6 Å². The Morgan fingerprint density at radius 2 is 2.18 bits per heavy atom. The summed E-state index contributed by atoms with van der Waals surface area (Å²) in [5.41, 5.74) is 0. The fourth-order valence-corrected chi connectivity index (χ4v) is 2.69. The highest BCUT2D eigenvalue weighted by atomic mass is 32.2. The molecule has 0 atom stereocenters. The van der Waals surface area contributed by atoms with E-state index in [-0.39, 0.29) is 5.91 Å². The second-order valence-electron chi connectivity index (χ2n) is 3.91. The van der Waals surface area contributed by atoms with Crippen LogP contribution in [-0.4, -0.2) is 29.6 Å². The largest absolute Gasteiger partial charge is 0.342 e. The zero-order valence-corrected chi connectivity index (χ0v) is 10.1. The monoisotopic (exact) mass is 257 g/mol. The quantitative estimate of drug-likeness (QED) is 0.773. The van der Waals surface area contributed by atoms with Crippen LogP contribution in [0.25, 0.3) is 0 Å². The zero-order chi connectivity index (χ0) is 12.3. The average molecular weight is 257 g/mol. The van der Waals surface area contributed by atoms with Crippen LogP contribution < -0.4 is 0 Å². The predicted octanol–water partition coefficient (Wildman–Crippen LogP) is 2.68. The molecule has 1 aromatic carbocycles. The number of thioether (sulfide) groups is 1. The van der Waals surface area contributed by atoms with Crippen molar-refractivity contribution >= 4 is 17.7 Å². The molecule has 1 heterocycles. The van der Waals surface area contributed by atoms with Gasteiger partial charge in [0.1, 0.15) is 11.6 Å². The minimum Gasteiger partial charge on any atom is -0.342 e. The molecule has 1 fully saturated rings. The van der Waals surface area contributed by atoms with Gasteiger partial charge in [0.25, 0.3) is 0 Å². The maximum absolute atomic E-state index is 13.3. The van der Waals surface area contributed by atoms with Crippen LogP contribution in [0.3, 0.4) is 0 Å². The van der Waals surface area contributed by atoms with Crippen LogP contribution in [-0.2, 0) is 4.79 Å². The molecule has 2 nitrogen and oxygen atoms in total. The Morgan fingerprint density at radius 1 is 1.35 bits per heavy atom. The summed E-state index contributed by atoms with van der Waals surface area (Å²) in [6.07, 6.45) is 1.53. The summed E-state index contributed by atoms with van der Waals surface area (Å²) in [5, 5.41) is 0. The van der Waals surface area contributed by atoms with Crippen molar-refractivity contribution in [1.82, 2.24) is 4.90 Å². The van der Waals surface area contributed by atoms with E-state index in [9.17, 15) is 13.6 Å². The average Bonchev–Trinajstić information content (AvgIpc) is 2.68. The van der Waals surface area contributed by atoms with Crippen LogP contribution in [0.15, 0.2) is 23.1 Å². The van der Waals surface area contributed by atoms with Gasteiger partial charge in [0.15, 0.2) is 0 Å². The van der Waals surface area contributed by atoms with Crippen molar-refractivity contribution in [2.45, 2.75) is 17.7 Å². The maximum atomic E-state index is 13.3. The van der Waals surface area contributed by atoms with E-state index in [1.54, 1.807) is 4.90 Å². The van der Waals surface area contributed by atoms with Gasteiger partial charge >= 0.3 is 0 Å². The number of halogens is 2. The van der Waals surface area contributed by atoms with Crippen LogP contribution in [0.4, 0.5) is 8.78 Å². The van der Waals surface area contributed by atoms with Gasteiger partial charge < -0.3 is 4.90 Å². The third kappa shape index (κ3) is 3.19. The SMILES string of the molecule is O=C1CCCN1CCSc1ccc(F)cc1F. The number of hydrogen-bond acceptors (Lipinski definition) is 2. The number of carbonyl (C=O) groups is 1. The first-order valence-electron chi connectivity index (χ1n) is 5.52. The number of amides is 1. The van der Waals surface area contributed by atoms with Gasteiger partial charge in [0.2, 0.25) is 5.91 Å². The molecule has 17 heavy (non-hydrogen) atoms. The molecule has 1 amide bonds. The third-order valence-electron chi connectivity index (χ3n) is 2.68. The first kappa shape index (κ1) is 12.4. The Morgan fingerprint density at radius 3 is 2.82 bits per heavy atom. The Balaban J connectivity index is 1.83. The molecule has 1 aromatic rings. The summed E-state index contributed by atoms with van der Waals surface area (Å²) in [6.45, 7) is 1.42. The fraction of sp³-hybridized carbons (Fsp3) is 0.417. The Bertz CT molecular complexity index is 425.